The number of amides is 2. The second-order valence-electron chi connectivity index (χ2n) is 39.1. The second kappa shape index (κ2) is 83.0. The van der Waals surface area contributed by atoms with E-state index in [-0.39, 0.29) is 61.0 Å². The number of hydrogen-bond donors (Lipinski definition) is 3. The molecule has 0 saturated heterocycles. The summed E-state index contributed by atoms with van der Waals surface area (Å²) in [6.45, 7) is 33.8. The summed E-state index contributed by atoms with van der Waals surface area (Å²) in [7, 11) is 3.83. The molecule has 0 saturated carbocycles. The molecule has 720 valence electrons. The van der Waals surface area contributed by atoms with Crippen molar-refractivity contribution in [3.05, 3.63) is 0 Å². The number of hydrogen-bond acceptors (Lipinski definition) is 14. The van der Waals surface area contributed by atoms with Crippen LogP contribution >= 0.6 is 12.2 Å². The van der Waals surface area contributed by atoms with Crippen LogP contribution < -0.4 is 16.0 Å². The molecule has 122 heavy (non-hydrogen) atoms. The summed E-state index contributed by atoms with van der Waals surface area (Å²) < 4.78 is 24.3. The molecule has 0 atom stereocenters. The zero-order valence-electron chi connectivity index (χ0n) is 83.1. The van der Waals surface area contributed by atoms with Crippen molar-refractivity contribution in [3.63, 3.8) is 0 Å². The summed E-state index contributed by atoms with van der Waals surface area (Å²) in [6.07, 6.45) is 71.6. The van der Waals surface area contributed by atoms with Gasteiger partial charge < -0.3 is 49.6 Å². The lowest BCUT2D eigenvalue weighted by molar-refractivity contribution is -0.161. The molecular weight excluding hydrogens is 1540 g/mol. The summed E-state index contributed by atoms with van der Waals surface area (Å²) in [5.41, 5.74) is -1.69. The van der Waals surface area contributed by atoms with Crippen LogP contribution in [0.5, 0.6) is 0 Å². The number of carbonyl (C=O) groups excluding carboxylic acids is 6. The molecule has 0 aromatic carbocycles. The molecule has 0 fully saturated rings. The van der Waals surface area contributed by atoms with E-state index in [9.17, 15) is 28.8 Å². The van der Waals surface area contributed by atoms with E-state index in [4.69, 9.17) is 31.2 Å². The lowest BCUT2D eigenvalue weighted by Gasteiger charge is -2.27. The lowest BCUT2D eigenvalue weighted by Crippen LogP contribution is -2.46. The van der Waals surface area contributed by atoms with E-state index in [0.29, 0.717) is 70.4 Å². The van der Waals surface area contributed by atoms with Gasteiger partial charge in [-0.05, 0) is 202 Å². The molecule has 0 aliphatic carbocycles. The molecule has 0 radical (unpaired) electrons. The molecule has 0 aliphatic rings. The van der Waals surface area contributed by atoms with Gasteiger partial charge in [-0.25, -0.2) is 0 Å². The Morgan fingerprint density at radius 2 is 0.557 bits per heavy atom. The van der Waals surface area contributed by atoms with Gasteiger partial charge in [0.2, 0.25) is 11.8 Å². The fourth-order valence-electron chi connectivity index (χ4n) is 16.5. The van der Waals surface area contributed by atoms with Crippen LogP contribution in [0.25, 0.3) is 0 Å². The molecule has 18 heteroatoms. The van der Waals surface area contributed by atoms with Gasteiger partial charge in [0.25, 0.3) is 0 Å². The van der Waals surface area contributed by atoms with Gasteiger partial charge in [-0.15, -0.1) is 0 Å². The molecule has 0 aromatic rings. The van der Waals surface area contributed by atoms with E-state index in [1.54, 1.807) is 0 Å². The Balaban J connectivity index is 6.26. The third kappa shape index (κ3) is 73.3. The average molecular weight is 1740 g/mol. The van der Waals surface area contributed by atoms with Crippen LogP contribution in [0, 0.1) is 16.2 Å². The van der Waals surface area contributed by atoms with Crippen molar-refractivity contribution >= 4 is 53.0 Å². The molecule has 0 spiro atoms. The molecule has 17 nitrogen and oxygen atoms in total. The van der Waals surface area contributed by atoms with Crippen LogP contribution in [-0.4, -0.2) is 178 Å². The lowest BCUT2D eigenvalue weighted by atomic mass is 9.86. The van der Waals surface area contributed by atoms with Gasteiger partial charge in [0.15, 0.2) is 5.11 Å². The fraction of sp³-hybridized carbons (Fsp3) is 0.933. The van der Waals surface area contributed by atoms with Gasteiger partial charge in [-0.1, -0.05) is 324 Å². The molecule has 0 aromatic heterocycles. The number of carbonyl (C=O) groups is 6. The molecular formula is C104H203N7O10S. The smallest absolute Gasteiger partial charge is 0.311 e. The zero-order chi connectivity index (χ0) is 90.1. The molecule has 0 unspecified atom stereocenters. The Morgan fingerprint density at radius 3 is 0.902 bits per heavy atom. The first kappa shape index (κ1) is 118. The van der Waals surface area contributed by atoms with E-state index in [0.717, 1.165) is 206 Å². The highest BCUT2D eigenvalue weighted by molar-refractivity contribution is 7.80. The van der Waals surface area contributed by atoms with Crippen molar-refractivity contribution in [1.29, 1.82) is 0 Å². The number of unbranched alkanes of at least 4 members (excludes halogenated alkanes) is 45. The maximum Gasteiger partial charge on any atom is 0.311 e. The van der Waals surface area contributed by atoms with Crippen LogP contribution in [0.4, 0.5) is 0 Å². The van der Waals surface area contributed by atoms with Crippen LogP contribution in [-0.2, 0) is 47.7 Å². The van der Waals surface area contributed by atoms with Gasteiger partial charge in [0, 0.05) is 59.8 Å². The van der Waals surface area contributed by atoms with Gasteiger partial charge >= 0.3 is 23.9 Å². The number of esters is 4. The Kier molecular flexibility index (Phi) is 80.6. The highest BCUT2D eigenvalue weighted by Crippen LogP contribution is 2.31. The summed E-state index contributed by atoms with van der Waals surface area (Å²) in [5, 5.41) is 10.4. The van der Waals surface area contributed by atoms with Crippen molar-refractivity contribution in [1.82, 2.24) is 35.6 Å². The van der Waals surface area contributed by atoms with E-state index in [1.165, 1.54) is 218 Å². The van der Waals surface area contributed by atoms with Crippen molar-refractivity contribution < 1.29 is 47.7 Å². The first-order valence-corrected chi connectivity index (χ1v) is 52.7. The quantitative estimate of drug-likeness (QED) is 0.0226. The minimum atomic E-state index is -0.575. The minimum absolute atomic E-state index is 0.00285. The number of thiocarbonyl (C=S) groups is 1. The predicted molar refractivity (Wildman–Crippen MR) is 522 cm³/mol. The van der Waals surface area contributed by atoms with E-state index in [2.05, 4.69) is 81.1 Å². The number of nitrogens with one attached hydrogen (secondary N) is 3. The van der Waals surface area contributed by atoms with Crippen LogP contribution in [0.1, 0.15) is 494 Å². The predicted octanol–water partition coefficient (Wildman–Crippen LogP) is 26.6. The van der Waals surface area contributed by atoms with Crippen molar-refractivity contribution in [2.45, 2.75) is 506 Å². The van der Waals surface area contributed by atoms with Crippen LogP contribution in [0.2, 0.25) is 0 Å². The number of rotatable bonds is 92. The van der Waals surface area contributed by atoms with Gasteiger partial charge in [0.05, 0.1) is 42.5 Å². The van der Waals surface area contributed by atoms with E-state index in [1.807, 2.05) is 51.6 Å². The standard InChI is InChI=1S/C104H203N7O10S/c1-15-21-27-33-39-41-43-54-68-89-118-98(115)102(7,8)77-62-66-84-109(82-64-52-45-50-60-75-97(114)120-93(71-56-46-35-29-23-17-3)72-57-47-36-30-24-18-4)87-80-105-95(112)91-111(86-70-79-107-101(122)108(13)14)92-96(113)106-81-88-110(85-67-63-78-103(9,10)99(116)119-90-69-55-44-42-40-34-28-22-16-2)83-65-53-51-61-76-104(11,12)100(117)121-94(73-58-48-37-31-25-19-5)74-59-49-38-32-26-20-6/h93-94H,15-92H2,1-14H3,(H,105,112)(H,106,113)(H,107,122). The third-order valence-electron chi connectivity index (χ3n) is 25.2. The van der Waals surface area contributed by atoms with Gasteiger partial charge in [-0.2, -0.15) is 0 Å². The fourth-order valence-corrected chi connectivity index (χ4v) is 16.6. The normalized spacial score (nSPS) is 12.1. The molecule has 0 bridgehead atoms. The molecule has 0 rings (SSSR count). The molecule has 3 N–H and O–H groups in total. The summed E-state index contributed by atoms with van der Waals surface area (Å²) in [4.78, 5) is 91.0. The van der Waals surface area contributed by atoms with Crippen LogP contribution in [0.3, 0.4) is 0 Å². The Hall–Kier alpha value is -3.61. The molecule has 0 heterocycles. The first-order chi connectivity index (χ1) is 58.9. The van der Waals surface area contributed by atoms with E-state index >= 15 is 0 Å². The van der Waals surface area contributed by atoms with Crippen molar-refractivity contribution in [2.75, 3.05) is 106 Å². The van der Waals surface area contributed by atoms with Gasteiger partial charge in [-0.3, -0.25) is 33.7 Å². The van der Waals surface area contributed by atoms with E-state index < -0.39 is 16.2 Å². The molecule has 0 aliphatic heterocycles. The topological polar surface area (TPSA) is 188 Å². The largest absolute Gasteiger partial charge is 0.465 e. The summed E-state index contributed by atoms with van der Waals surface area (Å²) in [6, 6.07) is 0. The summed E-state index contributed by atoms with van der Waals surface area (Å²) >= 11 is 5.55. The highest BCUT2D eigenvalue weighted by Gasteiger charge is 2.33. The maximum atomic E-state index is 14.1. The Morgan fingerprint density at radius 1 is 0.287 bits per heavy atom. The maximum absolute atomic E-state index is 14.1. The van der Waals surface area contributed by atoms with Crippen molar-refractivity contribution in [2.24, 2.45) is 16.2 Å². The monoisotopic (exact) mass is 1740 g/mol. The number of nitrogens with zero attached hydrogens (tertiary/aromatic N) is 4. The van der Waals surface area contributed by atoms with Crippen LogP contribution in [0.15, 0.2) is 0 Å². The zero-order valence-corrected chi connectivity index (χ0v) is 83.9. The Bertz CT molecular complexity index is 2420. The number of ether oxygens (including phenoxy) is 4. The Labute approximate surface area is 760 Å². The van der Waals surface area contributed by atoms with Gasteiger partial charge in [0.1, 0.15) is 12.2 Å². The average Bonchev–Trinajstić information content (AvgIpc) is 0.880. The molecule has 2 amide bonds. The van der Waals surface area contributed by atoms with Crippen molar-refractivity contribution in [3.8, 4) is 0 Å². The second-order valence-corrected chi connectivity index (χ2v) is 39.5. The highest BCUT2D eigenvalue weighted by atomic mass is 32.1. The SMILES string of the molecule is CCCCCCCCCCCOC(=O)C(C)(C)CCCCN(CCCCCCCC(=O)OC(CCCCCCCC)CCCCCCCC)CCNC(=O)CN(CCCNC(=S)N(C)C)CC(=O)NCCN(CCCCCCC(C)(C)C(=O)OC(CCCCCCCC)CCCCCCCC)CCCCC(C)(C)C(=O)OCCCCCCCCCCC. The summed E-state index contributed by atoms with van der Waals surface area (Å²) in [5.74, 6) is -0.546. The minimum Gasteiger partial charge on any atom is -0.465 e. The first-order valence-electron chi connectivity index (χ1n) is 52.3. The third-order valence-corrected chi connectivity index (χ3v) is 25.7.